The molecule has 5 heteroatoms. The largest absolute Gasteiger partial charge is 0.359 e. The quantitative estimate of drug-likeness (QED) is 0.704. The van der Waals surface area contributed by atoms with Crippen LogP contribution >= 0.6 is 0 Å². The van der Waals surface area contributed by atoms with Crippen LogP contribution in [0.5, 0.6) is 0 Å². The topological polar surface area (TPSA) is 32.3 Å². The van der Waals surface area contributed by atoms with Crippen LogP contribution in [0.25, 0.3) is 0 Å². The van der Waals surface area contributed by atoms with Crippen LogP contribution in [-0.2, 0) is 4.79 Å². The highest BCUT2D eigenvalue weighted by Crippen LogP contribution is 2.26. The van der Waals surface area contributed by atoms with Gasteiger partial charge in [0, 0.05) is 33.0 Å². The summed E-state index contributed by atoms with van der Waals surface area (Å²) in [7, 11) is 1.54. The Hall–Kier alpha value is -0.710. The van der Waals surface area contributed by atoms with Gasteiger partial charge in [0.2, 0.25) is 5.91 Å². The Kier molecular flexibility index (Phi) is 3.19. The summed E-state index contributed by atoms with van der Waals surface area (Å²) < 4.78 is 25.3. The fourth-order valence-electron chi connectivity index (χ4n) is 1.38. The average molecular weight is 192 g/mol. The van der Waals surface area contributed by atoms with E-state index in [0.29, 0.717) is 19.5 Å². The van der Waals surface area contributed by atoms with Crippen molar-refractivity contribution in [3.05, 3.63) is 0 Å². The number of hydrogen-bond acceptors (Lipinski definition) is 2. The van der Waals surface area contributed by atoms with E-state index in [2.05, 4.69) is 5.32 Å². The molecule has 1 amide bonds. The van der Waals surface area contributed by atoms with Crippen molar-refractivity contribution < 1.29 is 13.6 Å². The second kappa shape index (κ2) is 4.00. The zero-order chi connectivity index (χ0) is 9.90. The minimum Gasteiger partial charge on any atom is -0.359 e. The lowest BCUT2D eigenvalue weighted by Gasteiger charge is -2.14. The first-order chi connectivity index (χ1) is 6.03. The fourth-order valence-corrected chi connectivity index (χ4v) is 1.38. The van der Waals surface area contributed by atoms with E-state index < -0.39 is 5.92 Å². The van der Waals surface area contributed by atoms with Crippen molar-refractivity contribution in [2.24, 2.45) is 0 Å². The molecule has 0 saturated carbocycles. The molecule has 0 aromatic rings. The molecule has 0 atom stereocenters. The van der Waals surface area contributed by atoms with Gasteiger partial charge in [0.05, 0.1) is 6.54 Å². The summed E-state index contributed by atoms with van der Waals surface area (Å²) in [4.78, 5) is 12.4. The lowest BCUT2D eigenvalue weighted by atomic mass is 10.3. The first-order valence-electron chi connectivity index (χ1n) is 4.34. The molecule has 0 bridgehead atoms. The number of rotatable bonds is 3. The Labute approximate surface area is 76.1 Å². The first kappa shape index (κ1) is 10.4. The van der Waals surface area contributed by atoms with E-state index in [4.69, 9.17) is 0 Å². The number of carbonyl (C=O) groups excluding carboxylic acids is 1. The van der Waals surface area contributed by atoms with Gasteiger partial charge in [0.25, 0.3) is 5.92 Å². The minimum atomic E-state index is -2.55. The summed E-state index contributed by atoms with van der Waals surface area (Å²) >= 11 is 0. The SMILES string of the molecule is CNC(=O)CCN1CCC(F)(F)C1. The number of nitrogens with one attached hydrogen (secondary N) is 1. The van der Waals surface area contributed by atoms with Crippen LogP contribution < -0.4 is 5.32 Å². The van der Waals surface area contributed by atoms with E-state index in [1.807, 2.05) is 0 Å². The van der Waals surface area contributed by atoms with Gasteiger partial charge >= 0.3 is 0 Å². The van der Waals surface area contributed by atoms with Crippen molar-refractivity contribution >= 4 is 5.91 Å². The maximum atomic E-state index is 12.7. The van der Waals surface area contributed by atoms with Crippen LogP contribution in [0.2, 0.25) is 0 Å². The molecule has 0 spiro atoms. The molecular formula is C8H14F2N2O. The lowest BCUT2D eigenvalue weighted by molar-refractivity contribution is -0.121. The third-order valence-electron chi connectivity index (χ3n) is 2.18. The molecule has 1 fully saturated rings. The van der Waals surface area contributed by atoms with Crippen LogP contribution in [-0.4, -0.2) is 43.4 Å². The Morgan fingerprint density at radius 1 is 1.62 bits per heavy atom. The van der Waals surface area contributed by atoms with E-state index >= 15 is 0 Å². The number of alkyl halides is 2. The molecular weight excluding hydrogens is 178 g/mol. The van der Waals surface area contributed by atoms with E-state index in [-0.39, 0.29) is 18.9 Å². The van der Waals surface area contributed by atoms with E-state index in [0.717, 1.165) is 0 Å². The predicted molar refractivity (Wildman–Crippen MR) is 44.7 cm³/mol. The van der Waals surface area contributed by atoms with Gasteiger partial charge in [-0.3, -0.25) is 9.69 Å². The van der Waals surface area contributed by atoms with Gasteiger partial charge in [-0.05, 0) is 0 Å². The second-order valence-electron chi connectivity index (χ2n) is 3.31. The van der Waals surface area contributed by atoms with E-state index in [1.54, 1.807) is 11.9 Å². The summed E-state index contributed by atoms with van der Waals surface area (Å²) in [6.07, 6.45) is 0.216. The minimum absolute atomic E-state index is 0.0826. The average Bonchev–Trinajstić information content (AvgIpc) is 2.41. The van der Waals surface area contributed by atoms with Crippen molar-refractivity contribution in [2.75, 3.05) is 26.7 Å². The number of hydrogen-bond donors (Lipinski definition) is 1. The molecule has 1 saturated heterocycles. The van der Waals surface area contributed by atoms with Crippen LogP contribution in [0, 0.1) is 0 Å². The summed E-state index contributed by atoms with van der Waals surface area (Å²) in [6.45, 7) is 0.614. The molecule has 76 valence electrons. The normalized spacial score (nSPS) is 21.8. The Morgan fingerprint density at radius 2 is 2.31 bits per heavy atom. The van der Waals surface area contributed by atoms with E-state index in [9.17, 15) is 13.6 Å². The van der Waals surface area contributed by atoms with Crippen LogP contribution in [0.1, 0.15) is 12.8 Å². The zero-order valence-electron chi connectivity index (χ0n) is 7.65. The smallest absolute Gasteiger partial charge is 0.261 e. The monoisotopic (exact) mass is 192 g/mol. The summed E-state index contributed by atoms with van der Waals surface area (Å²) in [6, 6.07) is 0. The molecule has 1 heterocycles. The molecule has 1 N–H and O–H groups in total. The first-order valence-corrected chi connectivity index (χ1v) is 4.34. The van der Waals surface area contributed by atoms with Gasteiger partial charge in [-0.25, -0.2) is 8.78 Å². The van der Waals surface area contributed by atoms with Crippen LogP contribution in [0.4, 0.5) is 8.78 Å². The van der Waals surface area contributed by atoms with Gasteiger partial charge in [0.1, 0.15) is 0 Å². The Bertz CT molecular complexity index is 197. The standard InChI is InChI=1S/C8H14F2N2O/c1-11-7(13)2-4-12-5-3-8(9,10)6-12/h2-6H2,1H3,(H,11,13). The van der Waals surface area contributed by atoms with Crippen molar-refractivity contribution in [3.8, 4) is 0 Å². The fraction of sp³-hybridized carbons (Fsp3) is 0.875. The number of carbonyl (C=O) groups is 1. The van der Waals surface area contributed by atoms with Crippen LogP contribution in [0.3, 0.4) is 0 Å². The number of likely N-dealkylation sites (tertiary alicyclic amines) is 1. The molecule has 13 heavy (non-hydrogen) atoms. The van der Waals surface area contributed by atoms with Gasteiger partial charge in [-0.15, -0.1) is 0 Å². The van der Waals surface area contributed by atoms with Crippen molar-refractivity contribution in [1.82, 2.24) is 10.2 Å². The van der Waals surface area contributed by atoms with Gasteiger partial charge in [-0.1, -0.05) is 0 Å². The molecule has 0 unspecified atom stereocenters. The Morgan fingerprint density at radius 3 is 2.77 bits per heavy atom. The zero-order valence-corrected chi connectivity index (χ0v) is 7.65. The molecule has 0 radical (unpaired) electrons. The van der Waals surface area contributed by atoms with Gasteiger partial charge < -0.3 is 5.32 Å². The van der Waals surface area contributed by atoms with Crippen LogP contribution in [0.15, 0.2) is 0 Å². The maximum Gasteiger partial charge on any atom is 0.261 e. The molecule has 0 aromatic carbocycles. The molecule has 0 aromatic heterocycles. The van der Waals surface area contributed by atoms with Crippen molar-refractivity contribution in [2.45, 2.75) is 18.8 Å². The van der Waals surface area contributed by atoms with E-state index in [1.165, 1.54) is 0 Å². The third-order valence-corrected chi connectivity index (χ3v) is 2.18. The predicted octanol–water partition coefficient (Wildman–Crippen LogP) is 0.464. The second-order valence-corrected chi connectivity index (χ2v) is 3.31. The third kappa shape index (κ3) is 3.26. The molecule has 0 aliphatic carbocycles. The highest BCUT2D eigenvalue weighted by atomic mass is 19.3. The molecule has 3 nitrogen and oxygen atoms in total. The summed E-state index contributed by atoms with van der Waals surface area (Å²) in [5.74, 6) is -2.65. The molecule has 1 aliphatic rings. The Balaban J connectivity index is 2.21. The van der Waals surface area contributed by atoms with Crippen molar-refractivity contribution in [3.63, 3.8) is 0 Å². The highest BCUT2D eigenvalue weighted by Gasteiger charge is 2.37. The lowest BCUT2D eigenvalue weighted by Crippen LogP contribution is -2.29. The number of amides is 1. The van der Waals surface area contributed by atoms with Crippen molar-refractivity contribution in [1.29, 1.82) is 0 Å². The molecule has 1 aliphatic heterocycles. The number of nitrogens with zero attached hydrogens (tertiary/aromatic N) is 1. The number of halogens is 2. The molecule has 1 rings (SSSR count). The maximum absolute atomic E-state index is 12.7. The van der Waals surface area contributed by atoms with Gasteiger partial charge in [-0.2, -0.15) is 0 Å². The van der Waals surface area contributed by atoms with Gasteiger partial charge in [0.15, 0.2) is 0 Å². The highest BCUT2D eigenvalue weighted by molar-refractivity contribution is 5.75. The summed E-state index contributed by atoms with van der Waals surface area (Å²) in [5, 5.41) is 2.46. The summed E-state index contributed by atoms with van der Waals surface area (Å²) in [5.41, 5.74) is 0.